The number of hydrogen-bond acceptors (Lipinski definition) is 3. The zero-order valence-electron chi connectivity index (χ0n) is 14.8. The fraction of sp³-hybridized carbons (Fsp3) is 0.211. The minimum Gasteiger partial charge on any atom is -0.322 e. The van der Waals surface area contributed by atoms with E-state index < -0.39 is 15.6 Å². The molecule has 0 atom stereocenters. The highest BCUT2D eigenvalue weighted by atomic mass is 35.5. The van der Waals surface area contributed by atoms with Crippen LogP contribution < -0.4 is 10.0 Å². The van der Waals surface area contributed by atoms with Gasteiger partial charge in [-0.05, 0) is 62.7 Å². The summed E-state index contributed by atoms with van der Waals surface area (Å²) in [5.41, 5.74) is 0.582. The molecule has 7 heteroatoms. The second kappa shape index (κ2) is 8.03. The van der Waals surface area contributed by atoms with Crippen molar-refractivity contribution in [2.45, 2.75) is 31.2 Å². The van der Waals surface area contributed by atoms with E-state index in [-0.39, 0.29) is 10.8 Å². The number of halogens is 1. The number of benzene rings is 2. The highest BCUT2D eigenvalue weighted by Gasteiger charge is 2.22. The predicted molar refractivity (Wildman–Crippen MR) is 106 cm³/mol. The van der Waals surface area contributed by atoms with Crippen LogP contribution in [0.25, 0.3) is 6.08 Å². The van der Waals surface area contributed by atoms with Crippen LogP contribution in [0.15, 0.2) is 59.5 Å². The van der Waals surface area contributed by atoms with Gasteiger partial charge < -0.3 is 5.32 Å². The van der Waals surface area contributed by atoms with Crippen LogP contribution in [0, 0.1) is 0 Å². The molecule has 0 aliphatic heterocycles. The van der Waals surface area contributed by atoms with Gasteiger partial charge >= 0.3 is 0 Å². The molecule has 0 aromatic heterocycles. The fourth-order valence-electron chi connectivity index (χ4n) is 2.17. The van der Waals surface area contributed by atoms with Gasteiger partial charge in [-0.3, -0.25) is 4.79 Å². The van der Waals surface area contributed by atoms with E-state index in [0.29, 0.717) is 10.7 Å². The van der Waals surface area contributed by atoms with Crippen molar-refractivity contribution in [2.24, 2.45) is 0 Å². The molecule has 0 aliphatic rings. The van der Waals surface area contributed by atoms with E-state index >= 15 is 0 Å². The van der Waals surface area contributed by atoms with Crippen molar-refractivity contribution in [3.8, 4) is 0 Å². The third-order valence-corrected chi connectivity index (χ3v) is 5.12. The van der Waals surface area contributed by atoms with Crippen molar-refractivity contribution in [3.63, 3.8) is 0 Å². The predicted octanol–water partition coefficient (Wildman–Crippen LogP) is 4.07. The maximum absolute atomic E-state index is 12.4. The number of carbonyl (C=O) groups excluding carboxylic acids is 1. The van der Waals surface area contributed by atoms with Crippen LogP contribution in [0.3, 0.4) is 0 Å². The Kier molecular flexibility index (Phi) is 6.23. The molecule has 2 rings (SSSR count). The molecule has 0 radical (unpaired) electrons. The average Bonchev–Trinajstić information content (AvgIpc) is 2.51. The molecule has 0 spiro atoms. The average molecular weight is 393 g/mol. The van der Waals surface area contributed by atoms with Gasteiger partial charge in [0.25, 0.3) is 0 Å². The Labute approximate surface area is 159 Å². The number of rotatable bonds is 5. The second-order valence-electron chi connectivity index (χ2n) is 6.76. The summed E-state index contributed by atoms with van der Waals surface area (Å²) < 4.78 is 27.3. The van der Waals surface area contributed by atoms with Gasteiger partial charge in [-0.2, -0.15) is 0 Å². The van der Waals surface area contributed by atoms with Crippen LogP contribution in [0.2, 0.25) is 5.02 Å². The number of anilines is 1. The van der Waals surface area contributed by atoms with Crippen LogP contribution in [0.5, 0.6) is 0 Å². The first-order chi connectivity index (χ1) is 12.0. The highest BCUT2D eigenvalue weighted by Crippen LogP contribution is 2.18. The molecule has 5 nitrogen and oxygen atoms in total. The quantitative estimate of drug-likeness (QED) is 0.753. The molecule has 1 amide bonds. The molecule has 0 bridgehead atoms. The number of carbonyl (C=O) groups is 1. The van der Waals surface area contributed by atoms with Gasteiger partial charge in [0.15, 0.2) is 0 Å². The van der Waals surface area contributed by atoms with E-state index in [1.165, 1.54) is 18.2 Å². The minimum atomic E-state index is -3.67. The SMILES string of the molecule is CC(C)(C)NS(=O)(=O)c1cccc(NC(=O)/C=C/c2cccc(Cl)c2)c1. The number of amides is 1. The van der Waals surface area contributed by atoms with Crippen LogP contribution in [-0.2, 0) is 14.8 Å². The maximum Gasteiger partial charge on any atom is 0.248 e. The Morgan fingerprint density at radius 3 is 2.42 bits per heavy atom. The molecule has 0 unspecified atom stereocenters. The lowest BCUT2D eigenvalue weighted by Gasteiger charge is -2.20. The van der Waals surface area contributed by atoms with Gasteiger partial charge in [0.2, 0.25) is 15.9 Å². The Morgan fingerprint density at radius 1 is 1.08 bits per heavy atom. The summed E-state index contributed by atoms with van der Waals surface area (Å²) in [7, 11) is -3.67. The summed E-state index contributed by atoms with van der Waals surface area (Å²) in [6, 6.07) is 13.2. The molecule has 0 fully saturated rings. The maximum atomic E-state index is 12.4. The summed E-state index contributed by atoms with van der Waals surface area (Å²) >= 11 is 5.90. The first kappa shape index (κ1) is 20.2. The van der Waals surface area contributed by atoms with Gasteiger partial charge in [-0.25, -0.2) is 13.1 Å². The largest absolute Gasteiger partial charge is 0.322 e. The molecule has 138 valence electrons. The minimum absolute atomic E-state index is 0.0871. The number of nitrogens with one attached hydrogen (secondary N) is 2. The molecule has 2 aromatic rings. The monoisotopic (exact) mass is 392 g/mol. The van der Waals surface area contributed by atoms with Crippen LogP contribution in [-0.4, -0.2) is 19.9 Å². The zero-order valence-corrected chi connectivity index (χ0v) is 16.4. The van der Waals surface area contributed by atoms with Gasteiger partial charge in [-0.1, -0.05) is 29.8 Å². The molecule has 0 saturated heterocycles. The van der Waals surface area contributed by atoms with Crippen molar-refractivity contribution in [2.75, 3.05) is 5.32 Å². The van der Waals surface area contributed by atoms with E-state index in [2.05, 4.69) is 10.0 Å². The first-order valence-electron chi connectivity index (χ1n) is 7.94. The normalized spacial score (nSPS) is 12.3. The van der Waals surface area contributed by atoms with Crippen LogP contribution >= 0.6 is 11.6 Å². The molecular formula is C19H21ClN2O3S. The van der Waals surface area contributed by atoms with Gasteiger partial charge in [-0.15, -0.1) is 0 Å². The van der Waals surface area contributed by atoms with E-state index in [4.69, 9.17) is 11.6 Å². The fourth-order valence-corrected chi connectivity index (χ4v) is 3.83. The Bertz CT molecular complexity index is 932. The summed E-state index contributed by atoms with van der Waals surface area (Å²) in [4.78, 5) is 12.2. The van der Waals surface area contributed by atoms with Crippen LogP contribution in [0.1, 0.15) is 26.3 Å². The van der Waals surface area contributed by atoms with Gasteiger partial charge in [0, 0.05) is 22.3 Å². The zero-order chi connectivity index (χ0) is 19.4. The number of sulfonamides is 1. The Balaban J connectivity index is 2.12. The molecular weight excluding hydrogens is 372 g/mol. The molecule has 0 saturated carbocycles. The topological polar surface area (TPSA) is 75.3 Å². The van der Waals surface area contributed by atoms with Crippen molar-refractivity contribution in [3.05, 3.63) is 65.2 Å². The van der Waals surface area contributed by atoms with Crippen molar-refractivity contribution < 1.29 is 13.2 Å². The smallest absolute Gasteiger partial charge is 0.248 e. The van der Waals surface area contributed by atoms with Gasteiger partial charge in [0.1, 0.15) is 0 Å². The summed E-state index contributed by atoms with van der Waals surface area (Å²) in [5.74, 6) is -0.372. The van der Waals surface area contributed by atoms with Crippen LogP contribution in [0.4, 0.5) is 5.69 Å². The lowest BCUT2D eigenvalue weighted by Crippen LogP contribution is -2.40. The second-order valence-corrected chi connectivity index (χ2v) is 8.88. The Morgan fingerprint density at radius 2 is 1.77 bits per heavy atom. The lowest BCUT2D eigenvalue weighted by molar-refractivity contribution is -0.111. The third-order valence-electron chi connectivity index (χ3n) is 3.13. The lowest BCUT2D eigenvalue weighted by atomic mass is 10.1. The first-order valence-corrected chi connectivity index (χ1v) is 9.80. The molecule has 26 heavy (non-hydrogen) atoms. The third kappa shape index (κ3) is 6.29. The molecule has 2 N–H and O–H groups in total. The van der Waals surface area contributed by atoms with E-state index in [9.17, 15) is 13.2 Å². The summed E-state index contributed by atoms with van der Waals surface area (Å²) in [6.45, 7) is 5.28. The molecule has 0 heterocycles. The van der Waals surface area contributed by atoms with Crippen molar-refractivity contribution in [1.29, 1.82) is 0 Å². The summed E-state index contributed by atoms with van der Waals surface area (Å²) in [5, 5.41) is 3.23. The number of hydrogen-bond donors (Lipinski definition) is 2. The Hall–Kier alpha value is -2.15. The van der Waals surface area contributed by atoms with E-state index in [1.807, 2.05) is 6.07 Å². The summed E-state index contributed by atoms with van der Waals surface area (Å²) in [6.07, 6.45) is 2.99. The van der Waals surface area contributed by atoms with Gasteiger partial charge in [0.05, 0.1) is 4.90 Å². The van der Waals surface area contributed by atoms with Crippen molar-refractivity contribution in [1.82, 2.24) is 4.72 Å². The van der Waals surface area contributed by atoms with E-state index in [0.717, 1.165) is 5.56 Å². The highest BCUT2D eigenvalue weighted by molar-refractivity contribution is 7.89. The van der Waals surface area contributed by atoms with E-state index in [1.54, 1.807) is 57.2 Å². The van der Waals surface area contributed by atoms with Crippen molar-refractivity contribution >= 4 is 39.3 Å². The standard InChI is InChI=1S/C19H21ClN2O3S/c1-19(2,3)22-26(24,25)17-9-5-8-16(13-17)21-18(23)11-10-14-6-4-7-15(20)12-14/h4-13,22H,1-3H3,(H,21,23)/b11-10+. The molecule has 0 aliphatic carbocycles. The molecule has 2 aromatic carbocycles.